The van der Waals surface area contributed by atoms with Gasteiger partial charge in [-0.05, 0) is 30.6 Å². The molecular formula is C16H24O7. The van der Waals surface area contributed by atoms with Crippen LogP contribution in [0.1, 0.15) is 33.6 Å². The van der Waals surface area contributed by atoms with E-state index >= 15 is 0 Å². The van der Waals surface area contributed by atoms with Gasteiger partial charge in [-0.1, -0.05) is 0 Å². The summed E-state index contributed by atoms with van der Waals surface area (Å²) in [7, 11) is 1.55. The van der Waals surface area contributed by atoms with Crippen molar-refractivity contribution in [1.29, 1.82) is 0 Å². The summed E-state index contributed by atoms with van der Waals surface area (Å²) in [6, 6.07) is 0. The Labute approximate surface area is 135 Å². The summed E-state index contributed by atoms with van der Waals surface area (Å²) in [5.74, 6) is -0.565. The zero-order valence-electron chi connectivity index (χ0n) is 13.9. The van der Waals surface area contributed by atoms with Crippen LogP contribution in [0.4, 0.5) is 0 Å². The third-order valence-corrected chi connectivity index (χ3v) is 4.69. The van der Waals surface area contributed by atoms with Gasteiger partial charge in [0, 0.05) is 27.9 Å². The lowest BCUT2D eigenvalue weighted by atomic mass is 9.56. The third-order valence-electron chi connectivity index (χ3n) is 4.69. The molecule has 7 nitrogen and oxygen atoms in total. The number of methoxy groups -OCH3 is 1. The van der Waals surface area contributed by atoms with Gasteiger partial charge in [-0.25, -0.2) is 0 Å². The summed E-state index contributed by atoms with van der Waals surface area (Å²) < 4.78 is 21.4. The molecule has 7 heteroatoms. The van der Waals surface area contributed by atoms with Crippen LogP contribution in [0.25, 0.3) is 0 Å². The van der Waals surface area contributed by atoms with E-state index in [1.807, 2.05) is 0 Å². The minimum atomic E-state index is -0.636. The zero-order valence-corrected chi connectivity index (χ0v) is 13.9. The van der Waals surface area contributed by atoms with Gasteiger partial charge in [0.1, 0.15) is 12.2 Å². The van der Waals surface area contributed by atoms with E-state index in [1.165, 1.54) is 20.8 Å². The second-order valence-corrected chi connectivity index (χ2v) is 6.29. The monoisotopic (exact) mass is 328 g/mol. The molecule has 2 aliphatic carbocycles. The molecule has 0 aromatic carbocycles. The Morgan fingerprint density at radius 1 is 0.913 bits per heavy atom. The van der Waals surface area contributed by atoms with E-state index in [-0.39, 0.29) is 23.9 Å². The summed E-state index contributed by atoms with van der Waals surface area (Å²) >= 11 is 0. The van der Waals surface area contributed by atoms with Gasteiger partial charge in [0.2, 0.25) is 0 Å². The zero-order chi connectivity index (χ0) is 17.1. The topological polar surface area (TPSA) is 88.1 Å². The van der Waals surface area contributed by atoms with Crippen LogP contribution in [0.2, 0.25) is 0 Å². The molecule has 2 aliphatic rings. The molecule has 2 saturated carbocycles. The van der Waals surface area contributed by atoms with Gasteiger partial charge in [-0.3, -0.25) is 14.4 Å². The molecule has 0 spiro atoms. The second-order valence-electron chi connectivity index (χ2n) is 6.29. The minimum Gasteiger partial charge on any atom is -0.466 e. The molecule has 0 unspecified atom stereocenters. The van der Waals surface area contributed by atoms with Crippen molar-refractivity contribution in [3.8, 4) is 0 Å². The molecular weight excluding hydrogens is 304 g/mol. The summed E-state index contributed by atoms with van der Waals surface area (Å²) in [6.45, 7) is 4.37. The molecule has 0 saturated heterocycles. The second kappa shape index (κ2) is 7.29. The first-order valence-corrected chi connectivity index (χ1v) is 7.84. The highest BCUT2D eigenvalue weighted by Gasteiger charge is 2.56. The van der Waals surface area contributed by atoms with E-state index in [1.54, 1.807) is 7.11 Å². The first kappa shape index (κ1) is 17.7. The van der Waals surface area contributed by atoms with Crippen LogP contribution < -0.4 is 0 Å². The van der Waals surface area contributed by atoms with Crippen LogP contribution in [-0.2, 0) is 33.3 Å². The van der Waals surface area contributed by atoms with Crippen molar-refractivity contribution in [2.24, 2.45) is 17.8 Å². The highest BCUT2D eigenvalue weighted by molar-refractivity contribution is 5.67. The van der Waals surface area contributed by atoms with Crippen molar-refractivity contribution < 1.29 is 33.3 Å². The lowest BCUT2D eigenvalue weighted by Crippen LogP contribution is -2.61. The molecule has 0 heterocycles. The molecule has 2 rings (SSSR count). The average molecular weight is 328 g/mol. The molecule has 0 amide bonds. The first-order chi connectivity index (χ1) is 10.8. The fraction of sp³-hybridized carbons (Fsp3) is 0.812. The molecule has 0 radical (unpaired) electrons. The molecule has 0 aliphatic heterocycles. The number of ether oxygens (including phenoxy) is 4. The maximum atomic E-state index is 11.4. The summed E-state index contributed by atoms with van der Waals surface area (Å²) in [5, 5.41) is 0. The van der Waals surface area contributed by atoms with Gasteiger partial charge in [0.15, 0.2) is 6.10 Å². The van der Waals surface area contributed by atoms with Crippen molar-refractivity contribution in [3.05, 3.63) is 0 Å². The van der Waals surface area contributed by atoms with E-state index in [0.29, 0.717) is 18.9 Å². The lowest BCUT2D eigenvalue weighted by Gasteiger charge is -2.54. The molecule has 0 aromatic rings. The van der Waals surface area contributed by atoms with Crippen molar-refractivity contribution >= 4 is 17.9 Å². The standard InChI is InChI=1S/C16H24O7/c1-8(17)21-7-12-5-11-6-13(22-9(2)18)15(23-10(3)19)16(20-4)14(11)12/h11-16H,5-7H2,1-4H3/t11-,12-,13+,14+,15-,16+/m1/s1. The quantitative estimate of drug-likeness (QED) is 0.551. The highest BCUT2D eigenvalue weighted by atomic mass is 16.6. The van der Waals surface area contributed by atoms with Gasteiger partial charge >= 0.3 is 17.9 Å². The van der Waals surface area contributed by atoms with Crippen molar-refractivity contribution in [1.82, 2.24) is 0 Å². The molecule has 130 valence electrons. The van der Waals surface area contributed by atoms with Crippen LogP contribution >= 0.6 is 0 Å². The number of hydrogen-bond acceptors (Lipinski definition) is 7. The van der Waals surface area contributed by atoms with Crippen LogP contribution in [0.15, 0.2) is 0 Å². The number of fused-ring (bicyclic) bond motifs is 1. The Morgan fingerprint density at radius 3 is 2.09 bits per heavy atom. The van der Waals surface area contributed by atoms with E-state index < -0.39 is 24.1 Å². The molecule has 6 atom stereocenters. The first-order valence-electron chi connectivity index (χ1n) is 7.84. The smallest absolute Gasteiger partial charge is 0.303 e. The predicted molar refractivity (Wildman–Crippen MR) is 78.2 cm³/mol. The molecule has 0 N–H and O–H groups in total. The number of carbonyl (C=O) groups is 3. The molecule has 23 heavy (non-hydrogen) atoms. The fourth-order valence-electron chi connectivity index (χ4n) is 3.90. The number of hydrogen-bond donors (Lipinski definition) is 0. The average Bonchev–Trinajstić information content (AvgIpc) is 2.42. The maximum absolute atomic E-state index is 11.4. The number of esters is 3. The largest absolute Gasteiger partial charge is 0.466 e. The SMILES string of the molecule is CO[C@@H]1[C@H](OC(C)=O)[C@@H](OC(C)=O)C[C@H]2C[C@H](COC(C)=O)[C@H]21. The van der Waals surface area contributed by atoms with Crippen LogP contribution in [0.3, 0.4) is 0 Å². The van der Waals surface area contributed by atoms with E-state index in [9.17, 15) is 14.4 Å². The Kier molecular flexibility index (Phi) is 5.62. The van der Waals surface area contributed by atoms with Gasteiger partial charge in [0.25, 0.3) is 0 Å². The van der Waals surface area contributed by atoms with Gasteiger partial charge in [0.05, 0.1) is 6.61 Å². The van der Waals surface area contributed by atoms with Crippen molar-refractivity contribution in [3.63, 3.8) is 0 Å². The highest BCUT2D eigenvalue weighted by Crippen LogP contribution is 2.51. The van der Waals surface area contributed by atoms with Gasteiger partial charge in [-0.15, -0.1) is 0 Å². The van der Waals surface area contributed by atoms with Gasteiger partial charge < -0.3 is 18.9 Å². The lowest BCUT2D eigenvalue weighted by molar-refractivity contribution is -0.221. The molecule has 0 aromatic heterocycles. The Hall–Kier alpha value is -1.63. The van der Waals surface area contributed by atoms with Crippen molar-refractivity contribution in [2.75, 3.05) is 13.7 Å². The molecule has 2 fully saturated rings. The molecule has 0 bridgehead atoms. The summed E-state index contributed by atoms with van der Waals surface area (Å²) in [4.78, 5) is 33.7. The third kappa shape index (κ3) is 4.02. The van der Waals surface area contributed by atoms with E-state index in [4.69, 9.17) is 18.9 Å². The fourth-order valence-corrected chi connectivity index (χ4v) is 3.90. The van der Waals surface area contributed by atoms with Crippen LogP contribution in [0, 0.1) is 17.8 Å². The Balaban J connectivity index is 2.12. The maximum Gasteiger partial charge on any atom is 0.303 e. The van der Waals surface area contributed by atoms with Crippen LogP contribution in [-0.4, -0.2) is 49.9 Å². The normalized spacial score (nSPS) is 35.5. The minimum absolute atomic E-state index is 0.121. The van der Waals surface area contributed by atoms with E-state index in [0.717, 1.165) is 6.42 Å². The number of carbonyl (C=O) groups excluding carboxylic acids is 3. The predicted octanol–water partition coefficient (Wildman–Crippen LogP) is 1.08. The van der Waals surface area contributed by atoms with Crippen LogP contribution in [0.5, 0.6) is 0 Å². The summed E-state index contributed by atoms with van der Waals surface area (Å²) in [6.07, 6.45) is -0.0163. The Bertz CT molecular complexity index is 475. The van der Waals surface area contributed by atoms with E-state index in [2.05, 4.69) is 0 Å². The van der Waals surface area contributed by atoms with Gasteiger partial charge in [-0.2, -0.15) is 0 Å². The Morgan fingerprint density at radius 2 is 1.57 bits per heavy atom. The van der Waals surface area contributed by atoms with Crippen molar-refractivity contribution in [2.45, 2.75) is 51.9 Å². The number of rotatable bonds is 5. The summed E-state index contributed by atoms with van der Waals surface area (Å²) in [5.41, 5.74) is 0.